The van der Waals surface area contributed by atoms with Gasteiger partial charge in [-0.3, -0.25) is 9.59 Å². The molecule has 0 spiro atoms. The lowest BCUT2D eigenvalue weighted by Gasteiger charge is -2.31. The molecule has 0 amide bonds. The smallest absolute Gasteiger partial charge is 0.362 e. The normalized spacial score (nSPS) is 13.8. The third-order valence-corrected chi connectivity index (χ3v) is 9.86. The molecule has 0 saturated heterocycles. The monoisotopic (exact) mass is 837 g/mol. The summed E-state index contributed by atoms with van der Waals surface area (Å²) in [5.74, 6) is -1.54. The van der Waals surface area contributed by atoms with E-state index in [0.29, 0.717) is 19.3 Å². The van der Waals surface area contributed by atoms with E-state index in [1.165, 1.54) is 57.8 Å². The number of rotatable bonds is 40. The molecule has 0 aromatic heterocycles. The van der Waals surface area contributed by atoms with Crippen molar-refractivity contribution in [2.24, 2.45) is 0 Å². The average molecular weight is 837 g/mol. The minimum absolute atomic E-state index is 0.0402. The van der Waals surface area contributed by atoms with Crippen molar-refractivity contribution in [3.8, 4) is 0 Å². The first-order chi connectivity index (χ1) is 29.1. The molecule has 0 heterocycles. The van der Waals surface area contributed by atoms with E-state index in [9.17, 15) is 19.5 Å². The van der Waals surface area contributed by atoms with Crippen molar-refractivity contribution in [2.75, 3.05) is 41.0 Å². The molecule has 0 fully saturated rings. The molecule has 0 saturated carbocycles. The van der Waals surface area contributed by atoms with E-state index in [4.69, 9.17) is 14.2 Å². The van der Waals surface area contributed by atoms with Crippen LogP contribution in [0.4, 0.5) is 0 Å². The number of quaternary nitrogens is 1. The Hall–Kier alpha value is -3.75. The second-order valence-corrected chi connectivity index (χ2v) is 16.4. The molecule has 0 aromatic rings. The van der Waals surface area contributed by atoms with Gasteiger partial charge in [0.15, 0.2) is 12.1 Å². The highest BCUT2D eigenvalue weighted by molar-refractivity contribution is 5.72. The number of carboxylic acid groups (broad SMARTS) is 1. The average Bonchev–Trinajstić information content (AvgIpc) is 3.21. The van der Waals surface area contributed by atoms with Crippen LogP contribution in [0.25, 0.3) is 0 Å². The summed E-state index contributed by atoms with van der Waals surface area (Å²) in [6.07, 6.45) is 56.0. The molecule has 60 heavy (non-hydrogen) atoms. The summed E-state index contributed by atoms with van der Waals surface area (Å²) >= 11 is 0. The zero-order valence-electron chi connectivity index (χ0n) is 38.6. The van der Waals surface area contributed by atoms with Gasteiger partial charge in [-0.1, -0.05) is 175 Å². The Morgan fingerprint density at radius 3 is 1.52 bits per heavy atom. The highest BCUT2D eigenvalue weighted by Crippen LogP contribution is 2.14. The quantitative estimate of drug-likeness (QED) is 0.0216. The number of ether oxygens (including phenoxy) is 3. The third kappa shape index (κ3) is 39.7. The number of unbranched alkanes of at least 4 members (excludes halogenated alkanes) is 14. The molecule has 340 valence electrons. The van der Waals surface area contributed by atoms with Gasteiger partial charge >= 0.3 is 17.9 Å². The first kappa shape index (κ1) is 56.2. The van der Waals surface area contributed by atoms with Gasteiger partial charge in [-0.25, -0.2) is 4.79 Å². The number of aliphatic carboxylic acids is 1. The van der Waals surface area contributed by atoms with E-state index in [1.54, 1.807) is 0 Å². The number of esters is 2. The summed E-state index contributed by atoms with van der Waals surface area (Å²) in [5, 5.41) is 9.63. The Morgan fingerprint density at radius 1 is 0.517 bits per heavy atom. The number of allylic oxidation sites excluding steroid dienone is 16. The maximum atomic E-state index is 12.8. The van der Waals surface area contributed by atoms with Crippen LogP contribution in [0, 0.1) is 0 Å². The van der Waals surface area contributed by atoms with E-state index in [-0.39, 0.29) is 36.2 Å². The first-order valence-corrected chi connectivity index (χ1v) is 23.3. The van der Waals surface area contributed by atoms with E-state index >= 15 is 0 Å². The number of carbonyl (C=O) groups is 3. The third-order valence-electron chi connectivity index (χ3n) is 9.86. The van der Waals surface area contributed by atoms with Crippen LogP contribution in [0.1, 0.15) is 162 Å². The molecule has 0 rings (SSSR count). The Bertz CT molecular complexity index is 1300. The molecule has 8 nitrogen and oxygen atoms in total. The summed E-state index contributed by atoms with van der Waals surface area (Å²) in [6.45, 7) is 4.42. The summed E-state index contributed by atoms with van der Waals surface area (Å²) in [5.41, 5.74) is 0. The van der Waals surface area contributed by atoms with Gasteiger partial charge in [0.2, 0.25) is 0 Å². The summed E-state index contributed by atoms with van der Waals surface area (Å²) in [4.78, 5) is 37.0. The number of carbonyl (C=O) groups excluding carboxylic acids is 2. The van der Waals surface area contributed by atoms with Crippen molar-refractivity contribution in [3.63, 3.8) is 0 Å². The van der Waals surface area contributed by atoms with Gasteiger partial charge in [0.05, 0.1) is 34.4 Å². The van der Waals surface area contributed by atoms with Crippen molar-refractivity contribution in [2.45, 2.75) is 174 Å². The lowest BCUT2D eigenvalue weighted by molar-refractivity contribution is -0.887. The zero-order valence-corrected chi connectivity index (χ0v) is 38.6. The lowest BCUT2D eigenvalue weighted by atomic mass is 10.0. The van der Waals surface area contributed by atoms with Crippen molar-refractivity contribution in [1.82, 2.24) is 0 Å². The molecule has 2 atom stereocenters. The van der Waals surface area contributed by atoms with Crippen molar-refractivity contribution < 1.29 is 38.2 Å². The van der Waals surface area contributed by atoms with E-state index in [1.807, 2.05) is 69.8 Å². The van der Waals surface area contributed by atoms with E-state index in [2.05, 4.69) is 62.5 Å². The van der Waals surface area contributed by atoms with E-state index < -0.39 is 18.1 Å². The maximum Gasteiger partial charge on any atom is 0.362 e. The van der Waals surface area contributed by atoms with Crippen molar-refractivity contribution in [1.29, 1.82) is 0 Å². The Balaban J connectivity index is 4.36. The van der Waals surface area contributed by atoms with Crippen LogP contribution in [0.5, 0.6) is 0 Å². The Morgan fingerprint density at radius 2 is 0.967 bits per heavy atom. The first-order valence-electron chi connectivity index (χ1n) is 23.3. The second kappa shape index (κ2) is 42.0. The maximum absolute atomic E-state index is 12.8. The number of nitrogens with zero attached hydrogens (tertiary/aromatic N) is 1. The van der Waals surface area contributed by atoms with Crippen LogP contribution < -0.4 is 0 Å². The largest absolute Gasteiger partial charge is 0.477 e. The summed E-state index contributed by atoms with van der Waals surface area (Å²) in [7, 11) is 5.50. The minimum atomic E-state index is -0.886. The van der Waals surface area contributed by atoms with Crippen molar-refractivity contribution >= 4 is 17.9 Å². The van der Waals surface area contributed by atoms with Crippen LogP contribution >= 0.6 is 0 Å². The fourth-order valence-corrected chi connectivity index (χ4v) is 6.30. The molecule has 2 unspecified atom stereocenters. The molecule has 0 aromatic carbocycles. The Labute approximate surface area is 366 Å². The topological polar surface area (TPSA) is 99.1 Å². The molecule has 1 N–H and O–H groups in total. The highest BCUT2D eigenvalue weighted by Gasteiger charge is 2.31. The molecule has 0 radical (unpaired) electrons. The number of hydrogen-bond donors (Lipinski definition) is 1. The van der Waals surface area contributed by atoms with Gasteiger partial charge < -0.3 is 23.8 Å². The minimum Gasteiger partial charge on any atom is -0.477 e. The molecule has 0 aliphatic heterocycles. The van der Waals surface area contributed by atoms with Crippen LogP contribution in [0.15, 0.2) is 97.2 Å². The molecule has 0 aliphatic carbocycles. The fraction of sp³-hybridized carbons (Fsp3) is 0.635. The van der Waals surface area contributed by atoms with Crippen LogP contribution in [-0.2, 0) is 28.6 Å². The van der Waals surface area contributed by atoms with Crippen LogP contribution in [0.3, 0.4) is 0 Å². The predicted octanol–water partition coefficient (Wildman–Crippen LogP) is 13.1. The number of hydrogen-bond acceptors (Lipinski definition) is 6. The second-order valence-electron chi connectivity index (χ2n) is 16.4. The van der Waals surface area contributed by atoms with Gasteiger partial charge in [-0.05, 0) is 64.2 Å². The number of likely N-dealkylation sites (N-methyl/N-ethyl adjacent to an activating group) is 1. The predicted molar refractivity (Wildman–Crippen MR) is 252 cm³/mol. The Kier molecular flexibility index (Phi) is 39.3. The van der Waals surface area contributed by atoms with Gasteiger partial charge in [0.1, 0.15) is 6.61 Å². The number of carboxylic acids is 1. The molecule has 0 aliphatic rings. The lowest BCUT2D eigenvalue weighted by Crippen LogP contribution is -2.50. The van der Waals surface area contributed by atoms with Gasteiger partial charge in [-0.2, -0.15) is 0 Å². The van der Waals surface area contributed by atoms with Gasteiger partial charge in [0.25, 0.3) is 0 Å². The van der Waals surface area contributed by atoms with Gasteiger partial charge in [-0.15, -0.1) is 0 Å². The standard InChI is InChI=1S/C52H85NO7/c1-6-8-10-12-14-16-18-20-22-23-24-25-26-27-29-31-33-35-37-39-41-43-51(55)60-48(46-58-45-44-49(52(56)57)53(3,4)5)47-59-50(54)42-40-38-36-34-32-30-28-21-19-17-15-13-11-9-7-2/h8-11,13-17,19-22,28,30,32,48-49H,6-7,12,18,23-27,29,31,33-47H2,1-5H3/p+1/b10-8+,11-9+,15-13+,16-14+,19-17+,22-20+,28-21+,32-30+. The van der Waals surface area contributed by atoms with Crippen LogP contribution in [0.2, 0.25) is 0 Å². The summed E-state index contributed by atoms with van der Waals surface area (Å²) < 4.78 is 17.3. The molecule has 8 heteroatoms. The van der Waals surface area contributed by atoms with Crippen molar-refractivity contribution in [3.05, 3.63) is 97.2 Å². The summed E-state index contributed by atoms with van der Waals surface area (Å²) in [6, 6.07) is -0.627. The van der Waals surface area contributed by atoms with Gasteiger partial charge in [0, 0.05) is 19.3 Å². The fourth-order valence-electron chi connectivity index (χ4n) is 6.30. The SMILES string of the molecule is CC/C=C/C=C/C=C/C=C/C=C/CCCCCC(=O)OCC(COCCC(C(=O)O)[N+](C)(C)C)OC(=O)CCCCCCCCCCCCC/C=C/C/C=C/C/C=C/CC. The molecular weight excluding hydrogens is 751 g/mol. The van der Waals surface area contributed by atoms with E-state index in [0.717, 1.165) is 70.6 Å². The zero-order chi connectivity index (χ0) is 44.2. The molecule has 0 bridgehead atoms. The molecular formula is C52H86NO7+. The van der Waals surface area contributed by atoms with Crippen LogP contribution in [-0.4, -0.2) is 80.6 Å². The highest BCUT2D eigenvalue weighted by atomic mass is 16.6.